The zero-order valence-corrected chi connectivity index (χ0v) is 12.1. The lowest BCUT2D eigenvalue weighted by Crippen LogP contribution is -2.18. The largest absolute Gasteiger partial charge is 0.437 e. The highest BCUT2D eigenvalue weighted by molar-refractivity contribution is 6.28. The van der Waals surface area contributed by atoms with Gasteiger partial charge >= 0.3 is 0 Å². The van der Waals surface area contributed by atoms with Gasteiger partial charge in [-0.2, -0.15) is 4.98 Å². The summed E-state index contributed by atoms with van der Waals surface area (Å²) in [6, 6.07) is 5.41. The molecule has 3 rings (SSSR count). The summed E-state index contributed by atoms with van der Waals surface area (Å²) in [6.07, 6.45) is 1.15. The first-order valence-corrected chi connectivity index (χ1v) is 6.81. The Labute approximate surface area is 126 Å². The van der Waals surface area contributed by atoms with Crippen LogP contribution in [0.1, 0.15) is 17.7 Å². The fourth-order valence-corrected chi connectivity index (χ4v) is 2.34. The number of carbonyl (C=O) groups is 1. The summed E-state index contributed by atoms with van der Waals surface area (Å²) in [5.74, 6) is 0.844. The lowest BCUT2D eigenvalue weighted by Gasteiger charge is -2.17. The van der Waals surface area contributed by atoms with Crippen molar-refractivity contribution >= 4 is 28.9 Å². The highest BCUT2D eigenvalue weighted by atomic mass is 35.5. The van der Waals surface area contributed by atoms with Crippen LogP contribution < -0.4 is 15.8 Å². The zero-order valence-electron chi connectivity index (χ0n) is 11.3. The monoisotopic (exact) mass is 304 g/mol. The number of amides is 1. The van der Waals surface area contributed by atoms with Gasteiger partial charge in [0.2, 0.25) is 17.1 Å². The second-order valence-corrected chi connectivity index (χ2v) is 5.10. The number of carbonyl (C=O) groups excluding carboxylic acids is 1. The Balaban J connectivity index is 1.91. The third-order valence-corrected chi connectivity index (χ3v) is 3.43. The molecule has 0 spiro atoms. The van der Waals surface area contributed by atoms with Crippen LogP contribution in [0.15, 0.2) is 18.2 Å². The molecule has 0 atom stereocenters. The quantitative estimate of drug-likeness (QED) is 0.833. The predicted octanol–water partition coefficient (Wildman–Crippen LogP) is 2.70. The van der Waals surface area contributed by atoms with Gasteiger partial charge < -0.3 is 15.8 Å². The number of anilines is 2. The van der Waals surface area contributed by atoms with Gasteiger partial charge in [-0.25, -0.2) is 4.98 Å². The van der Waals surface area contributed by atoms with E-state index in [1.54, 1.807) is 19.1 Å². The highest BCUT2D eigenvalue weighted by Crippen LogP contribution is 2.32. The van der Waals surface area contributed by atoms with E-state index < -0.39 is 0 Å². The van der Waals surface area contributed by atoms with E-state index in [1.807, 2.05) is 6.07 Å². The molecule has 0 aliphatic carbocycles. The van der Waals surface area contributed by atoms with Crippen LogP contribution in [-0.4, -0.2) is 15.9 Å². The van der Waals surface area contributed by atoms with E-state index in [9.17, 15) is 4.79 Å². The summed E-state index contributed by atoms with van der Waals surface area (Å²) in [4.78, 5) is 19.3. The van der Waals surface area contributed by atoms with Gasteiger partial charge in [0.25, 0.3) is 0 Å². The summed E-state index contributed by atoms with van der Waals surface area (Å²) >= 11 is 5.81. The third kappa shape index (κ3) is 2.75. The summed E-state index contributed by atoms with van der Waals surface area (Å²) in [5, 5.41) is 2.90. The second-order valence-electron chi connectivity index (χ2n) is 4.77. The molecule has 1 aromatic carbocycles. The number of aromatic nitrogens is 2. The number of nitrogens with two attached hydrogens (primary N) is 1. The summed E-state index contributed by atoms with van der Waals surface area (Å²) < 4.78 is 5.69. The van der Waals surface area contributed by atoms with Crippen molar-refractivity contribution in [1.82, 2.24) is 9.97 Å². The first kappa shape index (κ1) is 13.6. The number of nitrogens with one attached hydrogen (secondary N) is 1. The Bertz CT molecular complexity index is 733. The number of fused-ring (bicyclic) bond motifs is 1. The molecular weight excluding hydrogens is 292 g/mol. The molecule has 2 heterocycles. The number of rotatable bonds is 2. The van der Waals surface area contributed by atoms with Gasteiger partial charge in [0.05, 0.1) is 5.69 Å². The van der Waals surface area contributed by atoms with E-state index >= 15 is 0 Å². The summed E-state index contributed by atoms with van der Waals surface area (Å²) in [7, 11) is 0. The van der Waals surface area contributed by atoms with Crippen molar-refractivity contribution in [3.63, 3.8) is 0 Å². The van der Waals surface area contributed by atoms with Crippen LogP contribution in [0.25, 0.3) is 0 Å². The van der Waals surface area contributed by atoms with Crippen molar-refractivity contribution < 1.29 is 9.53 Å². The van der Waals surface area contributed by atoms with E-state index in [2.05, 4.69) is 15.3 Å². The van der Waals surface area contributed by atoms with Crippen LogP contribution in [-0.2, 0) is 11.2 Å². The molecule has 21 heavy (non-hydrogen) atoms. The van der Waals surface area contributed by atoms with Crippen LogP contribution >= 0.6 is 11.6 Å². The molecule has 108 valence electrons. The van der Waals surface area contributed by atoms with Crippen molar-refractivity contribution in [2.45, 2.75) is 19.8 Å². The van der Waals surface area contributed by atoms with Crippen LogP contribution in [0.3, 0.4) is 0 Å². The Kier molecular flexibility index (Phi) is 3.39. The Morgan fingerprint density at radius 2 is 2.14 bits per heavy atom. The first-order chi connectivity index (χ1) is 10.0. The number of benzene rings is 1. The van der Waals surface area contributed by atoms with Crippen LogP contribution in [0.5, 0.6) is 11.6 Å². The van der Waals surface area contributed by atoms with E-state index in [4.69, 9.17) is 22.1 Å². The summed E-state index contributed by atoms with van der Waals surface area (Å²) in [6.45, 7) is 1.73. The number of nitrogen functional groups attached to an aromatic ring is 1. The van der Waals surface area contributed by atoms with Gasteiger partial charge in [0.15, 0.2) is 0 Å². The molecule has 0 bridgehead atoms. The number of hydrogen-bond acceptors (Lipinski definition) is 5. The van der Waals surface area contributed by atoms with E-state index in [0.717, 1.165) is 11.3 Å². The lowest BCUT2D eigenvalue weighted by molar-refractivity contribution is -0.116. The number of halogens is 1. The molecule has 7 heteroatoms. The number of hydrogen-bond donors (Lipinski definition) is 2. The Hall–Kier alpha value is -2.34. The summed E-state index contributed by atoms with van der Waals surface area (Å²) in [5.41, 5.74) is 8.63. The Morgan fingerprint density at radius 1 is 1.33 bits per heavy atom. The second kappa shape index (κ2) is 5.21. The van der Waals surface area contributed by atoms with E-state index in [-0.39, 0.29) is 17.1 Å². The average Bonchev–Trinajstić information content (AvgIpc) is 2.44. The maximum Gasteiger partial charge on any atom is 0.247 e. The maximum atomic E-state index is 11.3. The molecule has 0 saturated carbocycles. The SMILES string of the molecule is Cc1nc(Cl)nc(Oc2ccc3c(c2)CCC(=O)N3)c1N. The molecule has 0 saturated heterocycles. The van der Waals surface area contributed by atoms with Gasteiger partial charge in [-0.15, -0.1) is 0 Å². The molecule has 1 aliphatic heterocycles. The molecule has 2 aromatic rings. The molecule has 6 nitrogen and oxygen atoms in total. The first-order valence-electron chi connectivity index (χ1n) is 6.43. The van der Waals surface area contributed by atoms with Crippen LogP contribution in [0.4, 0.5) is 11.4 Å². The fraction of sp³-hybridized carbons (Fsp3) is 0.214. The number of ether oxygens (including phenoxy) is 1. The van der Waals surface area contributed by atoms with Gasteiger partial charge in [-0.05, 0) is 48.7 Å². The topological polar surface area (TPSA) is 90.1 Å². The lowest BCUT2D eigenvalue weighted by atomic mass is 10.0. The van der Waals surface area contributed by atoms with E-state index in [0.29, 0.717) is 30.0 Å². The van der Waals surface area contributed by atoms with Crippen molar-refractivity contribution in [1.29, 1.82) is 0 Å². The molecule has 0 unspecified atom stereocenters. The minimum Gasteiger partial charge on any atom is -0.437 e. The minimum absolute atomic E-state index is 0.0265. The predicted molar refractivity (Wildman–Crippen MR) is 79.7 cm³/mol. The third-order valence-electron chi connectivity index (χ3n) is 3.26. The van der Waals surface area contributed by atoms with Crippen molar-refractivity contribution in [2.75, 3.05) is 11.1 Å². The molecule has 1 aliphatic rings. The molecule has 1 aromatic heterocycles. The minimum atomic E-state index is 0.0265. The maximum absolute atomic E-state index is 11.3. The zero-order chi connectivity index (χ0) is 15.0. The standard InChI is InChI=1S/C14H13ClN4O2/c1-7-12(16)13(19-14(15)17-7)21-9-3-4-10-8(6-9)2-5-11(20)18-10/h3-4,6H,2,5,16H2,1H3,(H,18,20). The van der Waals surface area contributed by atoms with Crippen LogP contribution in [0, 0.1) is 6.92 Å². The Morgan fingerprint density at radius 3 is 2.95 bits per heavy atom. The average molecular weight is 305 g/mol. The van der Waals surface area contributed by atoms with Crippen molar-refractivity contribution in [2.24, 2.45) is 0 Å². The number of aryl methyl sites for hydroxylation is 2. The highest BCUT2D eigenvalue weighted by Gasteiger charge is 2.16. The molecular formula is C14H13ClN4O2. The molecule has 0 fully saturated rings. The normalized spacial score (nSPS) is 13.5. The molecule has 0 radical (unpaired) electrons. The van der Waals surface area contributed by atoms with Gasteiger partial charge in [-0.3, -0.25) is 4.79 Å². The molecule has 1 amide bonds. The van der Waals surface area contributed by atoms with Crippen molar-refractivity contribution in [3.8, 4) is 11.6 Å². The van der Waals surface area contributed by atoms with Gasteiger partial charge in [0.1, 0.15) is 11.4 Å². The van der Waals surface area contributed by atoms with Gasteiger partial charge in [0, 0.05) is 12.1 Å². The number of nitrogens with zero attached hydrogens (tertiary/aromatic N) is 2. The molecule has 3 N–H and O–H groups in total. The smallest absolute Gasteiger partial charge is 0.247 e. The fourth-order valence-electron chi connectivity index (χ4n) is 2.14. The van der Waals surface area contributed by atoms with Crippen LogP contribution in [0.2, 0.25) is 5.28 Å². The van der Waals surface area contributed by atoms with Crippen molar-refractivity contribution in [3.05, 3.63) is 34.7 Å². The van der Waals surface area contributed by atoms with E-state index in [1.165, 1.54) is 0 Å². The van der Waals surface area contributed by atoms with Gasteiger partial charge in [-0.1, -0.05) is 0 Å².